The minimum absolute atomic E-state index is 0.0744. The Morgan fingerprint density at radius 2 is 2.36 bits per heavy atom. The predicted molar refractivity (Wildman–Crippen MR) is 43.2 cm³/mol. The van der Waals surface area contributed by atoms with E-state index in [0.29, 0.717) is 6.42 Å². The summed E-state index contributed by atoms with van der Waals surface area (Å²) in [7, 11) is 0. The molecule has 0 aromatic carbocycles. The average Bonchev–Trinajstić information content (AvgIpc) is 1.93. The van der Waals surface area contributed by atoms with E-state index in [0.717, 1.165) is 19.3 Å². The van der Waals surface area contributed by atoms with Crippen LogP contribution in [0.5, 0.6) is 0 Å². The van der Waals surface area contributed by atoms with Gasteiger partial charge in [-0.05, 0) is 25.7 Å². The minimum Gasteiger partial charge on any atom is -0.462 e. The first kappa shape index (κ1) is 8.31. The summed E-state index contributed by atoms with van der Waals surface area (Å²) in [5, 5.41) is 0. The maximum absolute atomic E-state index is 10.9. The molecule has 1 rings (SSSR count). The Morgan fingerprint density at radius 1 is 1.64 bits per heavy atom. The fraction of sp³-hybridized carbons (Fsp3) is 0.667. The van der Waals surface area contributed by atoms with E-state index in [9.17, 15) is 4.79 Å². The number of hydrogen-bond acceptors (Lipinski definition) is 2. The van der Waals surface area contributed by atoms with Crippen LogP contribution in [0.15, 0.2) is 12.7 Å². The number of allylic oxidation sites excluding steroid dienone is 1. The summed E-state index contributed by atoms with van der Waals surface area (Å²) >= 11 is 0. The standard InChI is InChI=1S/C9H14O2/c1-2-3-7-9(10)11-8-5-4-6-8/h2,8H,1,3-7H2. The third-order valence-electron chi connectivity index (χ3n) is 1.90. The Morgan fingerprint density at radius 3 is 2.82 bits per heavy atom. The number of ether oxygens (including phenoxy) is 1. The van der Waals surface area contributed by atoms with Gasteiger partial charge in [-0.2, -0.15) is 0 Å². The molecule has 0 N–H and O–H groups in total. The molecule has 2 heteroatoms. The molecule has 1 aliphatic carbocycles. The largest absolute Gasteiger partial charge is 0.462 e. The molecule has 62 valence electrons. The molecule has 0 amide bonds. The Kier molecular flexibility index (Phi) is 3.14. The van der Waals surface area contributed by atoms with Crippen LogP contribution >= 0.6 is 0 Å². The summed E-state index contributed by atoms with van der Waals surface area (Å²) in [6, 6.07) is 0. The van der Waals surface area contributed by atoms with Gasteiger partial charge in [0.25, 0.3) is 0 Å². The van der Waals surface area contributed by atoms with E-state index in [1.165, 1.54) is 6.42 Å². The second kappa shape index (κ2) is 4.16. The van der Waals surface area contributed by atoms with Crippen molar-refractivity contribution in [1.82, 2.24) is 0 Å². The molecule has 0 atom stereocenters. The molecule has 0 saturated heterocycles. The molecule has 0 spiro atoms. The number of carbonyl (C=O) groups is 1. The lowest BCUT2D eigenvalue weighted by molar-refractivity contribution is -0.152. The van der Waals surface area contributed by atoms with Crippen LogP contribution in [0.1, 0.15) is 32.1 Å². The molecular formula is C9H14O2. The molecule has 1 fully saturated rings. The van der Waals surface area contributed by atoms with Crippen molar-refractivity contribution in [2.75, 3.05) is 0 Å². The number of hydrogen-bond donors (Lipinski definition) is 0. The number of esters is 1. The fourth-order valence-electron chi connectivity index (χ4n) is 0.953. The predicted octanol–water partition coefficient (Wildman–Crippen LogP) is 2.05. The van der Waals surface area contributed by atoms with E-state index in [-0.39, 0.29) is 12.1 Å². The lowest BCUT2D eigenvalue weighted by Crippen LogP contribution is -2.24. The van der Waals surface area contributed by atoms with Crippen LogP contribution in [0.4, 0.5) is 0 Å². The van der Waals surface area contributed by atoms with Crippen molar-refractivity contribution in [2.24, 2.45) is 0 Å². The van der Waals surface area contributed by atoms with Gasteiger partial charge in [0.1, 0.15) is 6.10 Å². The van der Waals surface area contributed by atoms with Crippen molar-refractivity contribution < 1.29 is 9.53 Å². The highest BCUT2D eigenvalue weighted by molar-refractivity contribution is 5.69. The van der Waals surface area contributed by atoms with E-state index < -0.39 is 0 Å². The number of carbonyl (C=O) groups excluding carboxylic acids is 1. The van der Waals surface area contributed by atoms with Crippen LogP contribution in [0.25, 0.3) is 0 Å². The third-order valence-corrected chi connectivity index (χ3v) is 1.90. The highest BCUT2D eigenvalue weighted by Crippen LogP contribution is 2.22. The van der Waals surface area contributed by atoms with Gasteiger partial charge in [-0.1, -0.05) is 6.08 Å². The van der Waals surface area contributed by atoms with Crippen molar-refractivity contribution in [3.8, 4) is 0 Å². The van der Waals surface area contributed by atoms with Crippen molar-refractivity contribution in [1.29, 1.82) is 0 Å². The molecule has 0 heterocycles. The molecule has 0 unspecified atom stereocenters. The third kappa shape index (κ3) is 2.74. The molecule has 0 aliphatic heterocycles. The van der Waals surface area contributed by atoms with Crippen LogP contribution in [0.3, 0.4) is 0 Å². The zero-order valence-corrected chi connectivity index (χ0v) is 6.71. The number of rotatable bonds is 4. The Bertz CT molecular complexity index is 148. The van der Waals surface area contributed by atoms with Crippen molar-refractivity contribution >= 4 is 5.97 Å². The molecule has 0 bridgehead atoms. The van der Waals surface area contributed by atoms with Gasteiger partial charge < -0.3 is 4.74 Å². The summed E-state index contributed by atoms with van der Waals surface area (Å²) in [6.07, 6.45) is 6.50. The molecule has 0 radical (unpaired) electrons. The molecule has 0 aromatic rings. The lowest BCUT2D eigenvalue weighted by Gasteiger charge is -2.24. The van der Waals surface area contributed by atoms with Gasteiger partial charge in [-0.3, -0.25) is 4.79 Å². The first-order chi connectivity index (χ1) is 5.33. The Hall–Kier alpha value is -0.790. The van der Waals surface area contributed by atoms with Gasteiger partial charge in [0.2, 0.25) is 0 Å². The molecule has 11 heavy (non-hydrogen) atoms. The smallest absolute Gasteiger partial charge is 0.306 e. The zero-order valence-electron chi connectivity index (χ0n) is 6.71. The fourth-order valence-corrected chi connectivity index (χ4v) is 0.953. The second-order valence-electron chi connectivity index (χ2n) is 2.87. The molecule has 0 aromatic heterocycles. The normalized spacial score (nSPS) is 17.1. The maximum Gasteiger partial charge on any atom is 0.306 e. The Labute approximate surface area is 67.2 Å². The van der Waals surface area contributed by atoms with Crippen molar-refractivity contribution in [2.45, 2.75) is 38.2 Å². The molecule has 1 aliphatic rings. The Balaban J connectivity index is 2.04. The van der Waals surface area contributed by atoms with Gasteiger partial charge in [0.05, 0.1) is 0 Å². The first-order valence-corrected chi connectivity index (χ1v) is 4.13. The first-order valence-electron chi connectivity index (χ1n) is 4.13. The summed E-state index contributed by atoms with van der Waals surface area (Å²) < 4.78 is 5.10. The van der Waals surface area contributed by atoms with E-state index >= 15 is 0 Å². The topological polar surface area (TPSA) is 26.3 Å². The highest BCUT2D eigenvalue weighted by atomic mass is 16.5. The van der Waals surface area contributed by atoms with E-state index in [1.807, 2.05) is 0 Å². The summed E-state index contributed by atoms with van der Waals surface area (Å²) in [5.41, 5.74) is 0. The van der Waals surface area contributed by atoms with Crippen LogP contribution in [0, 0.1) is 0 Å². The van der Waals surface area contributed by atoms with Crippen LogP contribution in [0.2, 0.25) is 0 Å². The highest BCUT2D eigenvalue weighted by Gasteiger charge is 2.20. The SMILES string of the molecule is C=CCCC(=O)OC1CCC1. The summed E-state index contributed by atoms with van der Waals surface area (Å²) in [6.45, 7) is 3.54. The van der Waals surface area contributed by atoms with Gasteiger partial charge in [0, 0.05) is 6.42 Å². The minimum atomic E-state index is -0.0744. The summed E-state index contributed by atoms with van der Waals surface area (Å²) in [5.74, 6) is -0.0744. The van der Waals surface area contributed by atoms with E-state index in [4.69, 9.17) is 4.74 Å². The summed E-state index contributed by atoms with van der Waals surface area (Å²) in [4.78, 5) is 10.9. The average molecular weight is 154 g/mol. The van der Waals surface area contributed by atoms with Crippen LogP contribution in [-0.2, 0) is 9.53 Å². The molecular weight excluding hydrogens is 140 g/mol. The van der Waals surface area contributed by atoms with Crippen molar-refractivity contribution in [3.63, 3.8) is 0 Å². The maximum atomic E-state index is 10.9. The van der Waals surface area contributed by atoms with Gasteiger partial charge in [0.15, 0.2) is 0 Å². The second-order valence-corrected chi connectivity index (χ2v) is 2.87. The lowest BCUT2D eigenvalue weighted by atomic mass is 9.96. The van der Waals surface area contributed by atoms with Crippen molar-refractivity contribution in [3.05, 3.63) is 12.7 Å². The van der Waals surface area contributed by atoms with Crippen LogP contribution < -0.4 is 0 Å². The molecule has 2 nitrogen and oxygen atoms in total. The quantitative estimate of drug-likeness (QED) is 0.457. The van der Waals surface area contributed by atoms with Gasteiger partial charge >= 0.3 is 5.97 Å². The van der Waals surface area contributed by atoms with Gasteiger partial charge in [-0.25, -0.2) is 0 Å². The monoisotopic (exact) mass is 154 g/mol. The van der Waals surface area contributed by atoms with E-state index in [1.54, 1.807) is 6.08 Å². The molecule has 1 saturated carbocycles. The van der Waals surface area contributed by atoms with Gasteiger partial charge in [-0.15, -0.1) is 6.58 Å². The van der Waals surface area contributed by atoms with Crippen LogP contribution in [-0.4, -0.2) is 12.1 Å². The van der Waals surface area contributed by atoms with E-state index in [2.05, 4.69) is 6.58 Å². The zero-order chi connectivity index (χ0) is 8.10.